The van der Waals surface area contributed by atoms with Gasteiger partial charge in [-0.1, -0.05) is 48.0 Å². The molecule has 1 unspecified atom stereocenters. The number of aromatic nitrogens is 1. The van der Waals surface area contributed by atoms with E-state index in [9.17, 15) is 4.79 Å². The van der Waals surface area contributed by atoms with Crippen LogP contribution in [0, 0.1) is 0 Å². The fraction of sp³-hybridized carbons (Fsp3) is 0.167. The van der Waals surface area contributed by atoms with Crippen LogP contribution in [0.5, 0.6) is 11.5 Å². The van der Waals surface area contributed by atoms with Crippen molar-refractivity contribution in [1.29, 1.82) is 0 Å². The number of nitrogens with zero attached hydrogens (tertiary/aromatic N) is 1. The zero-order chi connectivity index (χ0) is 21.3. The second kappa shape index (κ2) is 10.5. The molecule has 0 aliphatic heterocycles. The SMILES string of the molecule is CCOc1cc(/C=C/C(=O)OC(c2ccccc2)c2ccccn2)cc(Cl)c1OC. The predicted molar refractivity (Wildman–Crippen MR) is 117 cm³/mol. The Morgan fingerprint density at radius 2 is 1.90 bits per heavy atom. The summed E-state index contributed by atoms with van der Waals surface area (Å²) < 4.78 is 16.6. The van der Waals surface area contributed by atoms with Crippen LogP contribution in [0.3, 0.4) is 0 Å². The summed E-state index contributed by atoms with van der Waals surface area (Å²) >= 11 is 6.27. The Labute approximate surface area is 180 Å². The maximum absolute atomic E-state index is 12.6. The van der Waals surface area contributed by atoms with E-state index in [1.54, 1.807) is 24.4 Å². The highest BCUT2D eigenvalue weighted by Gasteiger charge is 2.19. The average molecular weight is 424 g/mol. The van der Waals surface area contributed by atoms with Crippen LogP contribution in [-0.4, -0.2) is 24.7 Å². The van der Waals surface area contributed by atoms with Crippen molar-refractivity contribution in [3.63, 3.8) is 0 Å². The molecule has 0 spiro atoms. The Balaban J connectivity index is 1.81. The number of esters is 1. The number of pyridine rings is 1. The molecule has 5 nitrogen and oxygen atoms in total. The van der Waals surface area contributed by atoms with E-state index in [-0.39, 0.29) is 0 Å². The third-order valence-electron chi connectivity index (χ3n) is 4.24. The summed E-state index contributed by atoms with van der Waals surface area (Å²) in [6, 6.07) is 18.4. The van der Waals surface area contributed by atoms with Gasteiger partial charge >= 0.3 is 5.97 Å². The average Bonchev–Trinajstić information content (AvgIpc) is 2.77. The molecule has 6 heteroatoms. The lowest BCUT2D eigenvalue weighted by Crippen LogP contribution is -2.12. The minimum Gasteiger partial charge on any atom is -0.491 e. The van der Waals surface area contributed by atoms with E-state index in [4.69, 9.17) is 25.8 Å². The van der Waals surface area contributed by atoms with Crippen molar-refractivity contribution in [1.82, 2.24) is 4.98 Å². The lowest BCUT2D eigenvalue weighted by molar-refractivity contribution is -0.141. The number of hydrogen-bond acceptors (Lipinski definition) is 5. The van der Waals surface area contributed by atoms with Gasteiger partial charge in [-0.3, -0.25) is 4.98 Å². The first-order chi connectivity index (χ1) is 14.6. The first-order valence-electron chi connectivity index (χ1n) is 9.47. The quantitative estimate of drug-likeness (QED) is 0.354. The summed E-state index contributed by atoms with van der Waals surface area (Å²) in [7, 11) is 1.53. The van der Waals surface area contributed by atoms with Crippen molar-refractivity contribution in [3.8, 4) is 11.5 Å². The molecule has 1 aromatic heterocycles. The van der Waals surface area contributed by atoms with E-state index in [1.807, 2.05) is 55.5 Å². The molecule has 30 heavy (non-hydrogen) atoms. The van der Waals surface area contributed by atoms with Crippen LogP contribution in [0.15, 0.2) is 72.9 Å². The van der Waals surface area contributed by atoms with Crippen LogP contribution in [-0.2, 0) is 9.53 Å². The van der Waals surface area contributed by atoms with Crippen molar-refractivity contribution in [2.45, 2.75) is 13.0 Å². The molecule has 0 aliphatic carbocycles. The molecule has 1 heterocycles. The van der Waals surface area contributed by atoms with Gasteiger partial charge < -0.3 is 14.2 Å². The number of carbonyl (C=O) groups excluding carboxylic acids is 1. The highest BCUT2D eigenvalue weighted by molar-refractivity contribution is 6.32. The maximum atomic E-state index is 12.6. The van der Waals surface area contributed by atoms with E-state index in [0.717, 1.165) is 5.56 Å². The van der Waals surface area contributed by atoms with Gasteiger partial charge in [-0.05, 0) is 48.4 Å². The van der Waals surface area contributed by atoms with Crippen molar-refractivity contribution in [2.24, 2.45) is 0 Å². The van der Waals surface area contributed by atoms with Crippen molar-refractivity contribution < 1.29 is 19.0 Å². The van der Waals surface area contributed by atoms with Gasteiger partial charge in [-0.2, -0.15) is 0 Å². The number of benzene rings is 2. The zero-order valence-electron chi connectivity index (χ0n) is 16.7. The number of hydrogen-bond donors (Lipinski definition) is 0. The molecule has 154 valence electrons. The standard InChI is InChI=1S/C24H22ClNO4/c1-3-29-21-16-17(15-19(25)24(21)28-2)12-13-22(27)30-23(18-9-5-4-6-10-18)20-11-7-8-14-26-20/h4-16,23H,3H2,1-2H3/b13-12+. The fourth-order valence-electron chi connectivity index (χ4n) is 2.92. The summed E-state index contributed by atoms with van der Waals surface area (Å²) in [6.45, 7) is 2.33. The second-order valence-corrected chi connectivity index (χ2v) is 6.69. The topological polar surface area (TPSA) is 57.7 Å². The summed E-state index contributed by atoms with van der Waals surface area (Å²) in [4.78, 5) is 16.9. The molecule has 0 bridgehead atoms. The molecule has 1 atom stereocenters. The molecule has 0 aliphatic rings. The van der Waals surface area contributed by atoms with Crippen molar-refractivity contribution in [3.05, 3.63) is 94.8 Å². The minimum atomic E-state index is -0.608. The minimum absolute atomic E-state index is 0.395. The molecule has 3 aromatic rings. The van der Waals surface area contributed by atoms with E-state index < -0.39 is 12.1 Å². The number of ether oxygens (including phenoxy) is 3. The molecular weight excluding hydrogens is 402 g/mol. The Bertz CT molecular complexity index is 967. The van der Waals surface area contributed by atoms with Crippen LogP contribution in [0.1, 0.15) is 29.8 Å². The van der Waals surface area contributed by atoms with E-state index in [0.29, 0.717) is 34.4 Å². The highest BCUT2D eigenvalue weighted by Crippen LogP contribution is 2.36. The van der Waals surface area contributed by atoms with Crippen LogP contribution in [0.2, 0.25) is 5.02 Å². The molecular formula is C24H22ClNO4. The van der Waals surface area contributed by atoms with Crippen LogP contribution in [0.25, 0.3) is 6.08 Å². The molecule has 2 aromatic carbocycles. The van der Waals surface area contributed by atoms with Crippen molar-refractivity contribution in [2.75, 3.05) is 13.7 Å². The lowest BCUT2D eigenvalue weighted by atomic mass is 10.1. The molecule has 0 saturated carbocycles. The van der Waals surface area contributed by atoms with Gasteiger partial charge in [0.15, 0.2) is 17.6 Å². The first kappa shape index (κ1) is 21.4. The zero-order valence-corrected chi connectivity index (χ0v) is 17.5. The molecule has 0 radical (unpaired) electrons. The monoisotopic (exact) mass is 423 g/mol. The molecule has 3 rings (SSSR count). The number of halogens is 1. The number of methoxy groups -OCH3 is 1. The maximum Gasteiger partial charge on any atom is 0.331 e. The van der Waals surface area contributed by atoms with Gasteiger partial charge in [0, 0.05) is 12.3 Å². The summed E-state index contributed by atoms with van der Waals surface area (Å²) in [5, 5.41) is 0.395. The van der Waals surface area contributed by atoms with Crippen LogP contribution in [0.4, 0.5) is 0 Å². The lowest BCUT2D eigenvalue weighted by Gasteiger charge is -2.17. The number of carbonyl (C=O) groups is 1. The fourth-order valence-corrected chi connectivity index (χ4v) is 3.22. The number of rotatable bonds is 8. The van der Waals surface area contributed by atoms with Gasteiger partial charge in [0.2, 0.25) is 0 Å². The van der Waals surface area contributed by atoms with Gasteiger partial charge in [0.1, 0.15) is 0 Å². The van der Waals surface area contributed by atoms with E-state index in [1.165, 1.54) is 13.2 Å². The first-order valence-corrected chi connectivity index (χ1v) is 9.85. The largest absolute Gasteiger partial charge is 0.491 e. The van der Waals surface area contributed by atoms with E-state index in [2.05, 4.69) is 4.98 Å². The third kappa shape index (κ3) is 5.39. The Hall–Kier alpha value is -3.31. The van der Waals surface area contributed by atoms with Crippen LogP contribution >= 0.6 is 11.6 Å². The molecule has 0 fully saturated rings. The van der Waals surface area contributed by atoms with Gasteiger partial charge in [0.25, 0.3) is 0 Å². The summed E-state index contributed by atoms with van der Waals surface area (Å²) in [5.41, 5.74) is 2.18. The Morgan fingerprint density at radius 1 is 1.13 bits per heavy atom. The highest BCUT2D eigenvalue weighted by atomic mass is 35.5. The van der Waals surface area contributed by atoms with Gasteiger partial charge in [0.05, 0.1) is 24.4 Å². The van der Waals surface area contributed by atoms with E-state index >= 15 is 0 Å². The van der Waals surface area contributed by atoms with Crippen molar-refractivity contribution >= 4 is 23.6 Å². The molecule has 0 amide bonds. The van der Waals surface area contributed by atoms with Gasteiger partial charge in [-0.25, -0.2) is 4.79 Å². The summed E-state index contributed by atoms with van der Waals surface area (Å²) in [6.07, 6.45) is 4.04. The predicted octanol–water partition coefficient (Wildman–Crippen LogP) is 5.49. The Morgan fingerprint density at radius 3 is 2.57 bits per heavy atom. The summed E-state index contributed by atoms with van der Waals surface area (Å²) in [5.74, 6) is 0.466. The van der Waals surface area contributed by atoms with Gasteiger partial charge in [-0.15, -0.1) is 0 Å². The van der Waals surface area contributed by atoms with Crippen LogP contribution < -0.4 is 9.47 Å². The normalized spacial score (nSPS) is 11.8. The Kier molecular flexibility index (Phi) is 7.46. The molecule has 0 N–H and O–H groups in total. The third-order valence-corrected chi connectivity index (χ3v) is 4.52. The second-order valence-electron chi connectivity index (χ2n) is 6.28. The molecule has 0 saturated heterocycles. The smallest absolute Gasteiger partial charge is 0.331 e.